The van der Waals surface area contributed by atoms with Crippen molar-refractivity contribution in [2.45, 2.75) is 86.2 Å². The van der Waals surface area contributed by atoms with Crippen LogP contribution in [-0.4, -0.2) is 27.2 Å². The molecule has 1 saturated carbocycles. The molecule has 9 heteroatoms. The number of aromatic nitrogens is 1. The maximum absolute atomic E-state index is 13.6. The lowest BCUT2D eigenvalue weighted by atomic mass is 9.58. The zero-order valence-electron chi connectivity index (χ0n) is 21.4. The highest BCUT2D eigenvalue weighted by Crippen LogP contribution is 2.61. The van der Waals surface area contributed by atoms with Gasteiger partial charge in [0.25, 0.3) is 0 Å². The average molecular weight is 638 g/mol. The van der Waals surface area contributed by atoms with Gasteiger partial charge in [-0.15, -0.1) is 0 Å². The molecule has 2 unspecified atom stereocenters. The van der Waals surface area contributed by atoms with E-state index < -0.39 is 35.1 Å². The maximum atomic E-state index is 13.6. The topological polar surface area (TPSA) is 75.4 Å². The van der Waals surface area contributed by atoms with Crippen molar-refractivity contribution in [3.05, 3.63) is 63.0 Å². The lowest BCUT2D eigenvalue weighted by Crippen LogP contribution is -2.46. The van der Waals surface area contributed by atoms with Crippen LogP contribution >= 0.6 is 22.6 Å². The van der Waals surface area contributed by atoms with Crippen LogP contribution in [0.3, 0.4) is 0 Å². The monoisotopic (exact) mass is 638 g/mol. The first-order valence-electron chi connectivity index (χ1n) is 13.3. The number of alkyl halides is 4. The van der Waals surface area contributed by atoms with E-state index in [1.54, 1.807) is 6.07 Å². The number of hydrogen-bond acceptors (Lipinski definition) is 5. The third-order valence-corrected chi connectivity index (χ3v) is 10.4. The number of pyridine rings is 1. The third kappa shape index (κ3) is 3.93. The molecule has 5 nitrogen and oxygen atoms in total. The highest BCUT2D eigenvalue weighted by molar-refractivity contribution is 14.1. The van der Waals surface area contributed by atoms with E-state index in [1.165, 1.54) is 18.6 Å². The first-order valence-corrected chi connectivity index (χ1v) is 14.5. The Bertz CT molecular complexity index is 1330. The molecular weight excluding hydrogens is 608 g/mol. The van der Waals surface area contributed by atoms with Gasteiger partial charge in [-0.05, 0) is 54.7 Å². The molecule has 6 rings (SSSR count). The number of rotatable bonds is 2. The molecule has 2 aliphatic heterocycles. The Kier molecular flexibility index (Phi) is 6.38. The average Bonchev–Trinajstić information content (AvgIpc) is 3.18. The van der Waals surface area contributed by atoms with Crippen molar-refractivity contribution in [1.29, 1.82) is 5.26 Å². The summed E-state index contributed by atoms with van der Waals surface area (Å²) in [6.45, 7) is 5.08. The zero-order valence-corrected chi connectivity index (χ0v) is 23.5. The number of halogens is 4. The molecule has 2 aromatic rings. The Morgan fingerprint density at radius 2 is 1.97 bits per heavy atom. The Hall–Kier alpha value is -1.74. The van der Waals surface area contributed by atoms with Crippen molar-refractivity contribution in [3.8, 4) is 6.07 Å². The predicted molar refractivity (Wildman–Crippen MR) is 142 cm³/mol. The van der Waals surface area contributed by atoms with Crippen LogP contribution in [0.2, 0.25) is 0 Å². The molecule has 38 heavy (non-hydrogen) atoms. The quantitative estimate of drug-likeness (QED) is 0.290. The number of hydrogen-bond donors (Lipinski definition) is 1. The fourth-order valence-electron chi connectivity index (χ4n) is 7.08. The number of nitrogens with zero attached hydrogens (tertiary/aromatic N) is 2. The molecule has 202 valence electrons. The van der Waals surface area contributed by atoms with Gasteiger partial charge in [0.05, 0.1) is 33.8 Å². The van der Waals surface area contributed by atoms with E-state index >= 15 is 0 Å². The molecule has 2 aliphatic carbocycles. The van der Waals surface area contributed by atoms with Gasteiger partial charge >= 0.3 is 6.18 Å². The number of nitriles is 1. The van der Waals surface area contributed by atoms with Gasteiger partial charge < -0.3 is 14.6 Å². The smallest absolute Gasteiger partial charge is 0.388 e. The Balaban J connectivity index is 1.60. The van der Waals surface area contributed by atoms with Crippen LogP contribution in [0, 0.1) is 16.7 Å². The normalized spacial score (nSPS) is 29.7. The molecule has 1 aromatic heterocycles. The van der Waals surface area contributed by atoms with Crippen LogP contribution in [0.5, 0.6) is 0 Å². The number of fused-ring (bicyclic) bond motifs is 4. The SMILES string of the molecule is CC(C)c1nc2c(c3c1[C@@H](c1ccc(C(F)(F)F)c(C#N)c1)OC31CCOCC1I)[C@@H](O)CC1(CCC1)C2. The van der Waals surface area contributed by atoms with E-state index in [1.807, 2.05) is 0 Å². The molecule has 3 heterocycles. The predicted octanol–water partition coefficient (Wildman–Crippen LogP) is 6.78. The van der Waals surface area contributed by atoms with Crippen molar-refractivity contribution in [2.75, 3.05) is 13.2 Å². The summed E-state index contributed by atoms with van der Waals surface area (Å²) in [7, 11) is 0. The number of ether oxygens (including phenoxy) is 2. The third-order valence-electron chi connectivity index (χ3n) is 9.02. The summed E-state index contributed by atoms with van der Waals surface area (Å²) >= 11 is 2.35. The van der Waals surface area contributed by atoms with Gasteiger partial charge in [0.2, 0.25) is 0 Å². The molecule has 0 amide bonds. The fraction of sp³-hybridized carbons (Fsp3) is 0.586. The fourth-order valence-corrected chi connectivity index (χ4v) is 8.10. The molecular formula is C29H30F3IN2O3. The molecule has 1 N–H and O–H groups in total. The molecule has 0 radical (unpaired) electrons. The number of benzene rings is 1. The molecule has 0 bridgehead atoms. The van der Waals surface area contributed by atoms with Crippen LogP contribution in [0.15, 0.2) is 18.2 Å². The van der Waals surface area contributed by atoms with Crippen molar-refractivity contribution in [3.63, 3.8) is 0 Å². The van der Waals surface area contributed by atoms with Crippen LogP contribution < -0.4 is 0 Å². The van der Waals surface area contributed by atoms with E-state index in [-0.39, 0.29) is 15.3 Å². The summed E-state index contributed by atoms with van der Waals surface area (Å²) in [6, 6.07) is 5.43. The minimum atomic E-state index is -4.63. The molecule has 4 aliphatic rings. The molecule has 2 spiro atoms. The molecule has 4 atom stereocenters. The van der Waals surface area contributed by atoms with Gasteiger partial charge in [0.1, 0.15) is 11.7 Å². The maximum Gasteiger partial charge on any atom is 0.417 e. The number of aliphatic hydroxyl groups excluding tert-OH is 1. The summed E-state index contributed by atoms with van der Waals surface area (Å²) in [5.41, 5.74) is 2.89. The van der Waals surface area contributed by atoms with Crippen LogP contribution in [0.1, 0.15) is 109 Å². The molecule has 2 fully saturated rings. The van der Waals surface area contributed by atoms with Crippen LogP contribution in [0.4, 0.5) is 13.2 Å². The van der Waals surface area contributed by atoms with Crippen molar-refractivity contribution < 1.29 is 27.8 Å². The van der Waals surface area contributed by atoms with Gasteiger partial charge in [-0.25, -0.2) is 0 Å². The van der Waals surface area contributed by atoms with Crippen molar-refractivity contribution >= 4 is 22.6 Å². The minimum absolute atomic E-state index is 0.0316. The van der Waals surface area contributed by atoms with Crippen molar-refractivity contribution in [2.24, 2.45) is 5.41 Å². The largest absolute Gasteiger partial charge is 0.417 e. The molecule has 1 saturated heterocycles. The van der Waals surface area contributed by atoms with E-state index in [2.05, 4.69) is 36.4 Å². The highest BCUT2D eigenvalue weighted by atomic mass is 127. The van der Waals surface area contributed by atoms with Crippen LogP contribution in [0.25, 0.3) is 0 Å². The van der Waals surface area contributed by atoms with Gasteiger partial charge in [0, 0.05) is 41.1 Å². The standard InChI is InChI=1S/C29H30F3IN2O3/c1-15(2)25-23-24(22-19(35-25)11-27(6-3-7-27)12-20(22)36)28(8-9-37-14-21(28)33)38-26(23)16-4-5-18(29(30,31)32)17(10-16)13-34/h4-5,10,15,20-21,26,36H,3,6-9,11-12,14H2,1-2H3/t20-,21?,26+,28?/m0/s1. The van der Waals surface area contributed by atoms with Gasteiger partial charge in [0.15, 0.2) is 0 Å². The van der Waals surface area contributed by atoms with E-state index in [0.29, 0.717) is 31.6 Å². The first kappa shape index (κ1) is 26.5. The Morgan fingerprint density at radius 3 is 2.58 bits per heavy atom. The van der Waals surface area contributed by atoms with E-state index in [9.17, 15) is 23.5 Å². The Labute approximate surface area is 233 Å². The van der Waals surface area contributed by atoms with Gasteiger partial charge in [-0.3, -0.25) is 4.98 Å². The number of aliphatic hydroxyl groups is 1. The van der Waals surface area contributed by atoms with Crippen LogP contribution in [-0.2, 0) is 27.7 Å². The minimum Gasteiger partial charge on any atom is -0.388 e. The second-order valence-electron chi connectivity index (χ2n) is 11.6. The lowest BCUT2D eigenvalue weighted by Gasteiger charge is -2.48. The molecule has 1 aromatic carbocycles. The summed E-state index contributed by atoms with van der Waals surface area (Å²) in [4.78, 5) is 5.17. The van der Waals surface area contributed by atoms with E-state index in [0.717, 1.165) is 53.4 Å². The first-order chi connectivity index (χ1) is 18.0. The summed E-state index contributed by atoms with van der Waals surface area (Å²) in [5, 5.41) is 21.2. The highest BCUT2D eigenvalue weighted by Gasteiger charge is 2.57. The lowest BCUT2D eigenvalue weighted by molar-refractivity contribution is -0.137. The second-order valence-corrected chi connectivity index (χ2v) is 13.1. The zero-order chi connectivity index (χ0) is 27.0. The van der Waals surface area contributed by atoms with Gasteiger partial charge in [-0.2, -0.15) is 18.4 Å². The summed E-state index contributed by atoms with van der Waals surface area (Å²) in [6.07, 6.45) is -0.553. The van der Waals surface area contributed by atoms with Crippen molar-refractivity contribution in [1.82, 2.24) is 4.98 Å². The Morgan fingerprint density at radius 1 is 1.21 bits per heavy atom. The van der Waals surface area contributed by atoms with Gasteiger partial charge in [-0.1, -0.05) is 48.9 Å². The summed E-state index contributed by atoms with van der Waals surface area (Å²) < 4.78 is 53.4. The summed E-state index contributed by atoms with van der Waals surface area (Å²) in [5.74, 6) is 0.0316. The van der Waals surface area contributed by atoms with E-state index in [4.69, 9.17) is 14.5 Å². The second kappa shape index (κ2) is 9.15.